The van der Waals surface area contributed by atoms with Crippen LogP contribution in [0.2, 0.25) is 0 Å². The molecule has 1 aliphatic heterocycles. The van der Waals surface area contributed by atoms with Crippen LogP contribution in [-0.4, -0.2) is 16.5 Å². The number of aromatic nitrogens is 1. The highest BCUT2D eigenvalue weighted by molar-refractivity contribution is 5.78. The lowest BCUT2D eigenvalue weighted by atomic mass is 10.1. The first-order valence-corrected chi connectivity index (χ1v) is 5.73. The number of aryl methyl sites for hydroxylation is 1. The summed E-state index contributed by atoms with van der Waals surface area (Å²) in [4.78, 5) is 11.1. The number of hydrogen-bond donors (Lipinski definition) is 1. The fourth-order valence-electron chi connectivity index (χ4n) is 2.18. The van der Waals surface area contributed by atoms with Crippen LogP contribution in [0.4, 0.5) is 0 Å². The molecular weight excluding hydrogens is 188 g/mol. The van der Waals surface area contributed by atoms with Crippen molar-refractivity contribution < 1.29 is 4.79 Å². The zero-order valence-corrected chi connectivity index (χ0v) is 9.20. The van der Waals surface area contributed by atoms with Gasteiger partial charge in [-0.25, -0.2) is 0 Å². The second-order valence-corrected chi connectivity index (χ2v) is 4.20. The molecule has 1 amide bonds. The third-order valence-electron chi connectivity index (χ3n) is 2.93. The molecule has 1 aromatic rings. The van der Waals surface area contributed by atoms with E-state index in [4.69, 9.17) is 0 Å². The molecule has 1 unspecified atom stereocenters. The SMILES string of the molecule is CCCn1cccc1CC1CCC(=O)N1. The summed E-state index contributed by atoms with van der Waals surface area (Å²) >= 11 is 0. The Kier molecular flexibility index (Phi) is 3.09. The molecule has 0 saturated carbocycles. The van der Waals surface area contributed by atoms with Crippen LogP contribution in [0.1, 0.15) is 31.9 Å². The fraction of sp³-hybridized carbons (Fsp3) is 0.583. The monoisotopic (exact) mass is 206 g/mol. The zero-order valence-electron chi connectivity index (χ0n) is 9.20. The van der Waals surface area contributed by atoms with Gasteiger partial charge in [-0.3, -0.25) is 4.79 Å². The lowest BCUT2D eigenvalue weighted by molar-refractivity contribution is -0.119. The van der Waals surface area contributed by atoms with Gasteiger partial charge in [-0.2, -0.15) is 0 Å². The maximum atomic E-state index is 11.1. The van der Waals surface area contributed by atoms with E-state index in [1.165, 1.54) is 5.69 Å². The van der Waals surface area contributed by atoms with Crippen LogP contribution in [-0.2, 0) is 17.8 Å². The van der Waals surface area contributed by atoms with Gasteiger partial charge >= 0.3 is 0 Å². The van der Waals surface area contributed by atoms with Gasteiger partial charge in [-0.15, -0.1) is 0 Å². The third kappa shape index (κ3) is 2.41. The van der Waals surface area contributed by atoms with E-state index >= 15 is 0 Å². The van der Waals surface area contributed by atoms with E-state index < -0.39 is 0 Å². The molecule has 1 saturated heterocycles. The molecule has 3 nitrogen and oxygen atoms in total. The molecule has 0 aliphatic carbocycles. The Hall–Kier alpha value is -1.25. The van der Waals surface area contributed by atoms with Crippen LogP contribution >= 0.6 is 0 Å². The van der Waals surface area contributed by atoms with Gasteiger partial charge in [-0.05, 0) is 25.0 Å². The Labute approximate surface area is 90.5 Å². The first-order valence-electron chi connectivity index (χ1n) is 5.73. The Morgan fingerprint density at radius 2 is 2.47 bits per heavy atom. The summed E-state index contributed by atoms with van der Waals surface area (Å²) in [7, 11) is 0. The van der Waals surface area contributed by atoms with Gasteiger partial charge < -0.3 is 9.88 Å². The van der Waals surface area contributed by atoms with E-state index in [0.29, 0.717) is 12.5 Å². The highest BCUT2D eigenvalue weighted by atomic mass is 16.1. The quantitative estimate of drug-likeness (QED) is 0.799. The molecule has 1 N–H and O–H groups in total. The summed E-state index contributed by atoms with van der Waals surface area (Å²) in [6.45, 7) is 3.25. The van der Waals surface area contributed by atoms with Crippen molar-refractivity contribution in [2.24, 2.45) is 0 Å². The van der Waals surface area contributed by atoms with Crippen molar-refractivity contribution in [1.82, 2.24) is 9.88 Å². The second-order valence-electron chi connectivity index (χ2n) is 4.20. The average molecular weight is 206 g/mol. The first-order chi connectivity index (χ1) is 7.29. The predicted octanol–water partition coefficient (Wildman–Crippen LogP) is 1.72. The van der Waals surface area contributed by atoms with Crippen LogP contribution in [0.15, 0.2) is 18.3 Å². The molecule has 82 valence electrons. The van der Waals surface area contributed by atoms with E-state index in [2.05, 4.69) is 35.1 Å². The number of carbonyl (C=O) groups is 1. The van der Waals surface area contributed by atoms with E-state index in [9.17, 15) is 4.79 Å². The van der Waals surface area contributed by atoms with Gasteiger partial charge in [0.1, 0.15) is 0 Å². The number of hydrogen-bond acceptors (Lipinski definition) is 1. The summed E-state index contributed by atoms with van der Waals surface area (Å²) < 4.78 is 2.28. The van der Waals surface area contributed by atoms with E-state index in [-0.39, 0.29) is 5.91 Å². The molecule has 1 fully saturated rings. The number of rotatable bonds is 4. The Balaban J connectivity index is 1.97. The predicted molar refractivity (Wildman–Crippen MR) is 59.6 cm³/mol. The summed E-state index contributed by atoms with van der Waals surface area (Å²) in [5.74, 6) is 0.202. The molecule has 0 aromatic carbocycles. The van der Waals surface area contributed by atoms with Crippen molar-refractivity contribution in [1.29, 1.82) is 0 Å². The minimum Gasteiger partial charge on any atom is -0.353 e. The maximum Gasteiger partial charge on any atom is 0.220 e. The van der Waals surface area contributed by atoms with Crippen molar-refractivity contribution in [3.63, 3.8) is 0 Å². The van der Waals surface area contributed by atoms with Crippen molar-refractivity contribution in [3.05, 3.63) is 24.0 Å². The Morgan fingerprint density at radius 1 is 1.60 bits per heavy atom. The number of carbonyl (C=O) groups excluding carboxylic acids is 1. The molecule has 0 radical (unpaired) electrons. The molecule has 0 spiro atoms. The molecule has 15 heavy (non-hydrogen) atoms. The van der Waals surface area contributed by atoms with Gasteiger partial charge in [0.2, 0.25) is 5.91 Å². The number of nitrogens with one attached hydrogen (secondary N) is 1. The third-order valence-corrected chi connectivity index (χ3v) is 2.93. The lowest BCUT2D eigenvalue weighted by Gasteiger charge is -2.12. The highest BCUT2D eigenvalue weighted by Crippen LogP contribution is 2.13. The van der Waals surface area contributed by atoms with Gasteiger partial charge in [0.15, 0.2) is 0 Å². The summed E-state index contributed by atoms with van der Waals surface area (Å²) in [6, 6.07) is 4.59. The van der Waals surface area contributed by atoms with Crippen molar-refractivity contribution in [2.75, 3.05) is 0 Å². The molecule has 2 rings (SSSR count). The average Bonchev–Trinajstić information content (AvgIpc) is 2.78. The summed E-state index contributed by atoms with van der Waals surface area (Å²) in [5.41, 5.74) is 1.34. The Morgan fingerprint density at radius 3 is 3.13 bits per heavy atom. The second kappa shape index (κ2) is 4.51. The highest BCUT2D eigenvalue weighted by Gasteiger charge is 2.21. The summed E-state index contributed by atoms with van der Waals surface area (Å²) in [6.07, 6.45) is 5.92. The van der Waals surface area contributed by atoms with Gasteiger partial charge in [0.25, 0.3) is 0 Å². The lowest BCUT2D eigenvalue weighted by Crippen LogP contribution is -2.28. The molecule has 1 aliphatic rings. The van der Waals surface area contributed by atoms with Gasteiger partial charge in [0, 0.05) is 37.3 Å². The Bertz CT molecular complexity index is 343. The summed E-state index contributed by atoms with van der Waals surface area (Å²) in [5, 5.41) is 3.01. The molecule has 1 atom stereocenters. The van der Waals surface area contributed by atoms with E-state index in [1.54, 1.807) is 0 Å². The minimum absolute atomic E-state index is 0.202. The molecule has 1 aromatic heterocycles. The van der Waals surface area contributed by atoms with Crippen LogP contribution in [0.5, 0.6) is 0 Å². The van der Waals surface area contributed by atoms with Crippen molar-refractivity contribution in [3.8, 4) is 0 Å². The molecule has 3 heteroatoms. The molecule has 0 bridgehead atoms. The van der Waals surface area contributed by atoms with Crippen molar-refractivity contribution in [2.45, 2.75) is 45.2 Å². The minimum atomic E-state index is 0.202. The van der Waals surface area contributed by atoms with Crippen LogP contribution in [0, 0.1) is 0 Å². The van der Waals surface area contributed by atoms with Crippen LogP contribution in [0.25, 0.3) is 0 Å². The number of nitrogens with zero attached hydrogens (tertiary/aromatic N) is 1. The molecule has 2 heterocycles. The van der Waals surface area contributed by atoms with Gasteiger partial charge in [-0.1, -0.05) is 6.92 Å². The largest absolute Gasteiger partial charge is 0.353 e. The standard InChI is InChI=1S/C12H18N2O/c1-2-7-14-8-3-4-11(14)9-10-5-6-12(15)13-10/h3-4,8,10H,2,5-7,9H2,1H3,(H,13,15). The zero-order chi connectivity index (χ0) is 10.7. The van der Waals surface area contributed by atoms with E-state index in [0.717, 1.165) is 25.8 Å². The van der Waals surface area contributed by atoms with Crippen LogP contribution < -0.4 is 5.32 Å². The maximum absolute atomic E-state index is 11.1. The topological polar surface area (TPSA) is 34.0 Å². The smallest absolute Gasteiger partial charge is 0.220 e. The van der Waals surface area contributed by atoms with Gasteiger partial charge in [0.05, 0.1) is 0 Å². The first kappa shape index (κ1) is 10.3. The van der Waals surface area contributed by atoms with Crippen molar-refractivity contribution >= 4 is 5.91 Å². The van der Waals surface area contributed by atoms with E-state index in [1.807, 2.05) is 0 Å². The normalized spacial score (nSPS) is 20.6. The fourth-order valence-corrected chi connectivity index (χ4v) is 2.18. The molecular formula is C12H18N2O. The van der Waals surface area contributed by atoms with Crippen LogP contribution in [0.3, 0.4) is 0 Å². The number of amides is 1.